The summed E-state index contributed by atoms with van der Waals surface area (Å²) in [5.41, 5.74) is 1.04. The Morgan fingerprint density at radius 2 is 1.63 bits per heavy atom. The van der Waals surface area contributed by atoms with E-state index >= 15 is 0 Å². The summed E-state index contributed by atoms with van der Waals surface area (Å²) in [6, 6.07) is 19.5. The summed E-state index contributed by atoms with van der Waals surface area (Å²) >= 11 is 1.62. The average Bonchev–Trinajstić information content (AvgIpc) is 3.30. The number of carbonyl (C=O) groups excluding carboxylic acids is 3. The number of para-hydroxylation sites is 1. The van der Waals surface area contributed by atoms with Crippen LogP contribution >= 0.6 is 11.3 Å². The fourth-order valence-electron chi connectivity index (χ4n) is 2.84. The summed E-state index contributed by atoms with van der Waals surface area (Å²) in [6.45, 7) is 0.0637. The van der Waals surface area contributed by atoms with E-state index in [1.54, 1.807) is 48.7 Å². The quantitative estimate of drug-likeness (QED) is 0.564. The monoisotopic (exact) mass is 422 g/mol. The highest BCUT2D eigenvalue weighted by Gasteiger charge is 2.22. The highest BCUT2D eigenvalue weighted by Crippen LogP contribution is 2.18. The molecule has 0 unspecified atom stereocenters. The van der Waals surface area contributed by atoms with Crippen LogP contribution in [0.1, 0.15) is 25.6 Å². The van der Waals surface area contributed by atoms with Crippen molar-refractivity contribution in [1.82, 2.24) is 5.32 Å². The molecule has 0 atom stereocenters. The van der Waals surface area contributed by atoms with Gasteiger partial charge in [0.15, 0.2) is 6.61 Å². The normalized spacial score (nSPS) is 10.3. The first-order valence-electron chi connectivity index (χ1n) is 9.44. The summed E-state index contributed by atoms with van der Waals surface area (Å²) in [5, 5.41) is 4.70. The Hall–Kier alpha value is -3.45. The van der Waals surface area contributed by atoms with E-state index < -0.39 is 12.6 Å². The SMILES string of the molecule is CN(C(=O)c1ccccc1C(=O)OCC(=O)NCCc1cccs1)c1ccccc1. The van der Waals surface area contributed by atoms with Gasteiger partial charge in [0, 0.05) is 24.2 Å². The zero-order valence-electron chi connectivity index (χ0n) is 16.5. The fraction of sp³-hybridized carbons (Fsp3) is 0.174. The third kappa shape index (κ3) is 5.55. The van der Waals surface area contributed by atoms with Crippen molar-refractivity contribution in [3.05, 3.63) is 88.1 Å². The van der Waals surface area contributed by atoms with Crippen molar-refractivity contribution in [2.24, 2.45) is 0 Å². The van der Waals surface area contributed by atoms with E-state index in [1.165, 1.54) is 15.8 Å². The first-order valence-corrected chi connectivity index (χ1v) is 10.3. The van der Waals surface area contributed by atoms with Crippen LogP contribution in [-0.4, -0.2) is 38.0 Å². The predicted molar refractivity (Wildman–Crippen MR) is 117 cm³/mol. The number of hydrogen-bond donors (Lipinski definition) is 1. The van der Waals surface area contributed by atoms with Crippen LogP contribution in [0.25, 0.3) is 0 Å². The number of anilines is 1. The van der Waals surface area contributed by atoms with E-state index in [2.05, 4.69) is 5.32 Å². The van der Waals surface area contributed by atoms with E-state index in [4.69, 9.17) is 4.74 Å². The molecule has 30 heavy (non-hydrogen) atoms. The Morgan fingerprint density at radius 3 is 2.33 bits per heavy atom. The number of nitrogens with zero attached hydrogens (tertiary/aromatic N) is 1. The molecule has 1 aromatic heterocycles. The minimum atomic E-state index is -0.714. The Balaban J connectivity index is 1.58. The molecule has 3 aromatic rings. The molecular weight excluding hydrogens is 400 g/mol. The molecule has 1 N–H and O–H groups in total. The number of ether oxygens (including phenoxy) is 1. The van der Waals surface area contributed by atoms with Crippen molar-refractivity contribution in [1.29, 1.82) is 0 Å². The third-order valence-corrected chi connectivity index (χ3v) is 5.37. The van der Waals surface area contributed by atoms with Crippen molar-refractivity contribution in [2.45, 2.75) is 6.42 Å². The highest BCUT2D eigenvalue weighted by atomic mass is 32.1. The van der Waals surface area contributed by atoms with Crippen molar-refractivity contribution in [3.63, 3.8) is 0 Å². The molecule has 0 spiro atoms. The molecule has 0 bridgehead atoms. The maximum absolute atomic E-state index is 12.9. The molecule has 154 valence electrons. The smallest absolute Gasteiger partial charge is 0.339 e. The lowest BCUT2D eigenvalue weighted by Gasteiger charge is -2.18. The van der Waals surface area contributed by atoms with Crippen molar-refractivity contribution < 1.29 is 19.1 Å². The van der Waals surface area contributed by atoms with Gasteiger partial charge >= 0.3 is 5.97 Å². The minimum Gasteiger partial charge on any atom is -0.452 e. The van der Waals surface area contributed by atoms with Gasteiger partial charge in [-0.3, -0.25) is 9.59 Å². The number of amides is 2. The van der Waals surface area contributed by atoms with Gasteiger partial charge in [0.1, 0.15) is 0 Å². The van der Waals surface area contributed by atoms with Crippen molar-refractivity contribution in [3.8, 4) is 0 Å². The van der Waals surface area contributed by atoms with Gasteiger partial charge in [-0.05, 0) is 42.1 Å². The third-order valence-electron chi connectivity index (χ3n) is 4.43. The molecule has 3 rings (SSSR count). The lowest BCUT2D eigenvalue weighted by molar-refractivity contribution is -0.124. The van der Waals surface area contributed by atoms with E-state index in [9.17, 15) is 14.4 Å². The standard InChI is InChI=1S/C23H22N2O4S/c1-25(17-8-3-2-4-9-17)22(27)19-11-5-6-12-20(19)23(28)29-16-21(26)24-14-13-18-10-7-15-30-18/h2-12,15H,13-14,16H2,1H3,(H,24,26). The number of hydrogen-bond acceptors (Lipinski definition) is 5. The zero-order chi connectivity index (χ0) is 21.3. The first kappa shape index (κ1) is 21.3. The molecular formula is C23H22N2O4S. The van der Waals surface area contributed by atoms with Crippen LogP contribution in [-0.2, 0) is 16.0 Å². The second kappa shape index (κ2) is 10.4. The number of benzene rings is 2. The van der Waals surface area contributed by atoms with E-state index in [0.717, 1.165) is 6.42 Å². The van der Waals surface area contributed by atoms with E-state index in [1.807, 2.05) is 35.7 Å². The van der Waals surface area contributed by atoms with Gasteiger partial charge in [0.25, 0.3) is 11.8 Å². The van der Waals surface area contributed by atoms with Crippen molar-refractivity contribution in [2.75, 3.05) is 25.1 Å². The fourth-order valence-corrected chi connectivity index (χ4v) is 3.55. The molecule has 2 amide bonds. The van der Waals surface area contributed by atoms with Gasteiger partial charge in [-0.25, -0.2) is 4.79 Å². The van der Waals surface area contributed by atoms with Crippen LogP contribution in [0.2, 0.25) is 0 Å². The summed E-state index contributed by atoms with van der Waals surface area (Å²) in [7, 11) is 1.64. The van der Waals surface area contributed by atoms with Gasteiger partial charge in [0.2, 0.25) is 0 Å². The molecule has 0 radical (unpaired) electrons. The van der Waals surface area contributed by atoms with Gasteiger partial charge in [0.05, 0.1) is 11.1 Å². The molecule has 0 aliphatic carbocycles. The largest absolute Gasteiger partial charge is 0.452 e. The molecule has 0 aliphatic heterocycles. The second-order valence-corrected chi connectivity index (χ2v) is 7.53. The summed E-state index contributed by atoms with van der Waals surface area (Å²) in [5.74, 6) is -1.44. The Bertz CT molecular complexity index is 1000. The lowest BCUT2D eigenvalue weighted by atomic mass is 10.1. The van der Waals surface area contributed by atoms with Gasteiger partial charge in [-0.15, -0.1) is 11.3 Å². The van der Waals surface area contributed by atoms with E-state index in [-0.39, 0.29) is 22.9 Å². The molecule has 0 saturated carbocycles. The van der Waals surface area contributed by atoms with Crippen LogP contribution in [0.5, 0.6) is 0 Å². The maximum Gasteiger partial charge on any atom is 0.339 e. The Morgan fingerprint density at radius 1 is 0.933 bits per heavy atom. The zero-order valence-corrected chi connectivity index (χ0v) is 17.4. The van der Waals surface area contributed by atoms with Crippen molar-refractivity contribution >= 4 is 34.8 Å². The molecule has 6 nitrogen and oxygen atoms in total. The molecule has 7 heteroatoms. The average molecular weight is 423 g/mol. The Labute approximate surface area is 179 Å². The van der Waals surface area contributed by atoms with Gasteiger partial charge < -0.3 is 15.0 Å². The molecule has 1 heterocycles. The van der Waals surface area contributed by atoms with Crippen LogP contribution in [0, 0.1) is 0 Å². The van der Waals surface area contributed by atoms with Gasteiger partial charge in [-0.1, -0.05) is 36.4 Å². The topological polar surface area (TPSA) is 75.7 Å². The van der Waals surface area contributed by atoms with Crippen LogP contribution in [0.3, 0.4) is 0 Å². The minimum absolute atomic E-state index is 0.122. The molecule has 0 saturated heterocycles. The number of esters is 1. The number of rotatable bonds is 8. The predicted octanol–water partition coefficient (Wildman–Crippen LogP) is 3.54. The Kier molecular flexibility index (Phi) is 7.34. The number of carbonyl (C=O) groups is 3. The number of nitrogens with one attached hydrogen (secondary N) is 1. The molecule has 2 aromatic carbocycles. The second-order valence-electron chi connectivity index (χ2n) is 6.50. The highest BCUT2D eigenvalue weighted by molar-refractivity contribution is 7.09. The summed E-state index contributed by atoms with van der Waals surface area (Å²) < 4.78 is 5.13. The van der Waals surface area contributed by atoms with Crippen LogP contribution in [0.4, 0.5) is 5.69 Å². The lowest BCUT2D eigenvalue weighted by Crippen LogP contribution is -2.31. The number of thiophene rings is 1. The maximum atomic E-state index is 12.9. The van der Waals surface area contributed by atoms with Gasteiger partial charge in [-0.2, -0.15) is 0 Å². The van der Waals surface area contributed by atoms with E-state index in [0.29, 0.717) is 12.2 Å². The molecule has 0 fully saturated rings. The summed E-state index contributed by atoms with van der Waals surface area (Å²) in [4.78, 5) is 40.0. The first-order chi connectivity index (χ1) is 14.6. The summed E-state index contributed by atoms with van der Waals surface area (Å²) in [6.07, 6.45) is 0.723. The molecule has 0 aliphatic rings. The van der Waals surface area contributed by atoms with Crippen LogP contribution in [0.15, 0.2) is 72.1 Å². The van der Waals surface area contributed by atoms with Crippen LogP contribution < -0.4 is 10.2 Å².